The maximum atomic E-state index is 9.07. The molecule has 1 fully saturated rings. The van der Waals surface area contributed by atoms with Gasteiger partial charge in [0.1, 0.15) is 0 Å². The smallest absolute Gasteiger partial charge is 0.0462 e. The van der Waals surface area contributed by atoms with Gasteiger partial charge >= 0.3 is 0 Å². The van der Waals surface area contributed by atoms with Gasteiger partial charge in [0.25, 0.3) is 0 Å². The predicted molar refractivity (Wildman–Crippen MR) is 51.1 cm³/mol. The Bertz CT molecular complexity index is 136. The molecule has 0 aliphatic carbocycles. The summed E-state index contributed by atoms with van der Waals surface area (Å²) < 4.78 is 0. The van der Waals surface area contributed by atoms with E-state index in [0.29, 0.717) is 24.5 Å². The number of likely N-dealkylation sites (tertiary alicyclic amines) is 1. The monoisotopic (exact) mass is 171 g/mol. The molecule has 1 N–H and O–H groups in total. The fourth-order valence-electron chi connectivity index (χ4n) is 1.97. The first kappa shape index (κ1) is 10.0. The zero-order chi connectivity index (χ0) is 9.14. The summed E-state index contributed by atoms with van der Waals surface area (Å²) in [6.45, 7) is 9.41. The highest BCUT2D eigenvalue weighted by Gasteiger charge is 2.26. The van der Waals surface area contributed by atoms with Gasteiger partial charge in [-0.3, -0.25) is 0 Å². The summed E-state index contributed by atoms with van der Waals surface area (Å²) in [5.41, 5.74) is 0. The average Bonchev–Trinajstić information content (AvgIpc) is 2.04. The van der Waals surface area contributed by atoms with Gasteiger partial charge in [0.15, 0.2) is 0 Å². The lowest BCUT2D eigenvalue weighted by Crippen LogP contribution is -2.43. The zero-order valence-electron chi connectivity index (χ0n) is 8.45. The summed E-state index contributed by atoms with van der Waals surface area (Å²) in [6, 6.07) is 0.659. The van der Waals surface area contributed by atoms with Gasteiger partial charge in [0, 0.05) is 19.2 Å². The van der Waals surface area contributed by atoms with Crippen LogP contribution in [0.2, 0.25) is 0 Å². The second-order valence-electron chi connectivity index (χ2n) is 4.30. The van der Waals surface area contributed by atoms with E-state index < -0.39 is 0 Å². The molecule has 0 bridgehead atoms. The largest absolute Gasteiger partial charge is 0.396 e. The van der Waals surface area contributed by atoms with E-state index in [2.05, 4.69) is 25.7 Å². The molecule has 1 heterocycles. The van der Waals surface area contributed by atoms with Crippen molar-refractivity contribution in [1.82, 2.24) is 4.90 Å². The molecule has 1 aliphatic rings. The van der Waals surface area contributed by atoms with Gasteiger partial charge in [-0.25, -0.2) is 0 Å². The van der Waals surface area contributed by atoms with Crippen molar-refractivity contribution in [1.29, 1.82) is 0 Å². The van der Waals surface area contributed by atoms with E-state index in [4.69, 9.17) is 5.11 Å². The van der Waals surface area contributed by atoms with E-state index in [9.17, 15) is 0 Å². The molecule has 1 rings (SSSR count). The van der Waals surface area contributed by atoms with E-state index in [0.717, 1.165) is 19.5 Å². The highest BCUT2D eigenvalue weighted by molar-refractivity contribution is 4.78. The second-order valence-corrected chi connectivity index (χ2v) is 4.30. The van der Waals surface area contributed by atoms with Crippen LogP contribution >= 0.6 is 0 Å². The first-order valence-corrected chi connectivity index (χ1v) is 5.00. The van der Waals surface area contributed by atoms with Crippen LogP contribution < -0.4 is 0 Å². The fourth-order valence-corrected chi connectivity index (χ4v) is 1.97. The molecular weight excluding hydrogens is 150 g/mol. The van der Waals surface area contributed by atoms with Gasteiger partial charge in [-0.1, -0.05) is 6.92 Å². The highest BCUT2D eigenvalue weighted by Crippen LogP contribution is 2.23. The third kappa shape index (κ3) is 2.20. The van der Waals surface area contributed by atoms with Crippen LogP contribution in [0.4, 0.5) is 0 Å². The molecular formula is C10H21NO. The van der Waals surface area contributed by atoms with Crippen LogP contribution in [-0.4, -0.2) is 35.7 Å². The quantitative estimate of drug-likeness (QED) is 0.678. The van der Waals surface area contributed by atoms with Crippen LogP contribution in [0.5, 0.6) is 0 Å². The van der Waals surface area contributed by atoms with Crippen LogP contribution in [0.3, 0.4) is 0 Å². The van der Waals surface area contributed by atoms with E-state index in [1.165, 1.54) is 0 Å². The lowest BCUT2D eigenvalue weighted by Gasteiger charge is -2.38. The topological polar surface area (TPSA) is 23.5 Å². The Morgan fingerprint density at radius 1 is 1.50 bits per heavy atom. The van der Waals surface area contributed by atoms with Gasteiger partial charge in [0.2, 0.25) is 0 Å². The standard InChI is InChI=1S/C10H21NO/c1-8(2)11-5-4-10(7-12)9(3)6-11/h8-10,12H,4-7H2,1-3H3. The normalized spacial score (nSPS) is 32.8. The van der Waals surface area contributed by atoms with Crippen LogP contribution in [-0.2, 0) is 0 Å². The van der Waals surface area contributed by atoms with Gasteiger partial charge in [-0.2, -0.15) is 0 Å². The van der Waals surface area contributed by atoms with Crippen molar-refractivity contribution in [2.45, 2.75) is 33.2 Å². The Morgan fingerprint density at radius 3 is 2.58 bits per heavy atom. The first-order valence-electron chi connectivity index (χ1n) is 5.00. The summed E-state index contributed by atoms with van der Waals surface area (Å²) in [6.07, 6.45) is 1.16. The molecule has 0 amide bonds. The highest BCUT2D eigenvalue weighted by atomic mass is 16.3. The summed E-state index contributed by atoms with van der Waals surface area (Å²) in [4.78, 5) is 2.50. The number of aliphatic hydroxyl groups is 1. The molecule has 2 heteroatoms. The van der Waals surface area contributed by atoms with Gasteiger partial charge in [-0.15, -0.1) is 0 Å². The molecule has 0 aromatic heterocycles. The van der Waals surface area contributed by atoms with Crippen molar-refractivity contribution < 1.29 is 5.11 Å². The molecule has 0 aromatic carbocycles. The summed E-state index contributed by atoms with van der Waals surface area (Å²) in [5, 5.41) is 9.07. The number of aliphatic hydroxyl groups excluding tert-OH is 1. The van der Waals surface area contributed by atoms with Crippen molar-refractivity contribution in [3.8, 4) is 0 Å². The summed E-state index contributed by atoms with van der Waals surface area (Å²) >= 11 is 0. The Hall–Kier alpha value is -0.0800. The van der Waals surface area contributed by atoms with E-state index in [1.807, 2.05) is 0 Å². The van der Waals surface area contributed by atoms with Crippen LogP contribution in [0.15, 0.2) is 0 Å². The lowest BCUT2D eigenvalue weighted by atomic mass is 9.87. The van der Waals surface area contributed by atoms with Crippen LogP contribution in [0.1, 0.15) is 27.2 Å². The first-order chi connectivity index (χ1) is 5.65. The Labute approximate surface area is 75.6 Å². The summed E-state index contributed by atoms with van der Waals surface area (Å²) in [7, 11) is 0. The van der Waals surface area contributed by atoms with Crippen molar-refractivity contribution in [2.24, 2.45) is 11.8 Å². The van der Waals surface area contributed by atoms with Crippen molar-refractivity contribution in [3.63, 3.8) is 0 Å². The molecule has 2 atom stereocenters. The lowest BCUT2D eigenvalue weighted by molar-refractivity contribution is 0.0673. The minimum Gasteiger partial charge on any atom is -0.396 e. The number of hydrogen-bond acceptors (Lipinski definition) is 2. The van der Waals surface area contributed by atoms with Gasteiger partial charge in [0.05, 0.1) is 0 Å². The second kappa shape index (κ2) is 4.24. The molecule has 2 nitrogen and oxygen atoms in total. The third-order valence-electron chi connectivity index (χ3n) is 3.08. The van der Waals surface area contributed by atoms with Crippen molar-refractivity contribution in [2.75, 3.05) is 19.7 Å². The molecule has 72 valence electrons. The van der Waals surface area contributed by atoms with Crippen LogP contribution in [0, 0.1) is 11.8 Å². The van der Waals surface area contributed by atoms with E-state index >= 15 is 0 Å². The number of rotatable bonds is 2. The SMILES string of the molecule is CC1CN(C(C)C)CCC1CO. The van der Waals surface area contributed by atoms with Gasteiger partial charge in [-0.05, 0) is 38.6 Å². The van der Waals surface area contributed by atoms with Crippen LogP contribution in [0.25, 0.3) is 0 Å². The molecule has 1 saturated heterocycles. The average molecular weight is 171 g/mol. The van der Waals surface area contributed by atoms with E-state index in [1.54, 1.807) is 0 Å². The minimum absolute atomic E-state index is 0.368. The molecule has 0 aromatic rings. The molecule has 0 saturated carbocycles. The molecule has 1 aliphatic heterocycles. The number of piperidine rings is 1. The fraction of sp³-hybridized carbons (Fsp3) is 1.00. The minimum atomic E-state index is 0.368. The molecule has 0 radical (unpaired) electrons. The van der Waals surface area contributed by atoms with Crippen molar-refractivity contribution >= 4 is 0 Å². The van der Waals surface area contributed by atoms with Crippen molar-refractivity contribution in [3.05, 3.63) is 0 Å². The Kier molecular flexibility index (Phi) is 3.53. The number of nitrogens with zero attached hydrogens (tertiary/aromatic N) is 1. The molecule has 2 unspecified atom stereocenters. The summed E-state index contributed by atoms with van der Waals surface area (Å²) in [5.74, 6) is 1.20. The third-order valence-corrected chi connectivity index (χ3v) is 3.08. The maximum Gasteiger partial charge on any atom is 0.0462 e. The Balaban J connectivity index is 2.40. The maximum absolute atomic E-state index is 9.07. The number of hydrogen-bond donors (Lipinski definition) is 1. The molecule has 0 spiro atoms. The predicted octanol–water partition coefficient (Wildman–Crippen LogP) is 1.35. The van der Waals surface area contributed by atoms with E-state index in [-0.39, 0.29) is 0 Å². The zero-order valence-corrected chi connectivity index (χ0v) is 8.45. The Morgan fingerprint density at radius 2 is 2.17 bits per heavy atom. The molecule has 12 heavy (non-hydrogen) atoms. The van der Waals surface area contributed by atoms with Gasteiger partial charge < -0.3 is 10.0 Å².